The third-order valence-electron chi connectivity index (χ3n) is 2.48. The van der Waals surface area contributed by atoms with Gasteiger partial charge in [0.15, 0.2) is 0 Å². The van der Waals surface area contributed by atoms with Crippen LogP contribution in [0.3, 0.4) is 0 Å². The van der Waals surface area contributed by atoms with Gasteiger partial charge in [-0.05, 0) is 19.4 Å². The molecule has 0 aromatic heterocycles. The highest BCUT2D eigenvalue weighted by atomic mass is 16.2. The number of hydrogen-bond donors (Lipinski definition) is 3. The topological polar surface area (TPSA) is 101 Å². The number of carbonyl (C=O) groups excluding carboxylic acids is 2. The van der Waals surface area contributed by atoms with E-state index in [4.69, 9.17) is 11.6 Å². The van der Waals surface area contributed by atoms with Crippen molar-refractivity contribution in [1.82, 2.24) is 10.3 Å². The highest BCUT2D eigenvalue weighted by Gasteiger charge is 2.28. The fourth-order valence-corrected chi connectivity index (χ4v) is 1.73. The molecule has 0 saturated carbocycles. The number of carbonyl (C=O) groups is 2. The molecular weight excluding hydrogens is 184 g/mol. The molecule has 0 spiro atoms. The quantitative estimate of drug-likeness (QED) is 0.286. The maximum absolute atomic E-state index is 11.0. The van der Waals surface area contributed by atoms with Gasteiger partial charge in [0.05, 0.1) is 6.04 Å². The van der Waals surface area contributed by atoms with Crippen molar-refractivity contribution in [2.24, 2.45) is 11.6 Å². The highest BCUT2D eigenvalue weighted by molar-refractivity contribution is 5.80. The van der Waals surface area contributed by atoms with Crippen LogP contribution in [0.5, 0.6) is 0 Å². The monoisotopic (exact) mass is 200 g/mol. The van der Waals surface area contributed by atoms with Crippen molar-refractivity contribution in [2.45, 2.75) is 25.3 Å². The van der Waals surface area contributed by atoms with Gasteiger partial charge >= 0.3 is 0 Å². The van der Waals surface area contributed by atoms with Crippen molar-refractivity contribution in [3.63, 3.8) is 0 Å². The Hall–Kier alpha value is -1.14. The van der Waals surface area contributed by atoms with Gasteiger partial charge in [0.1, 0.15) is 0 Å². The van der Waals surface area contributed by atoms with Gasteiger partial charge in [-0.25, -0.2) is 5.84 Å². The van der Waals surface area contributed by atoms with E-state index in [1.165, 1.54) is 0 Å². The summed E-state index contributed by atoms with van der Waals surface area (Å²) in [5, 5.41) is 0. The summed E-state index contributed by atoms with van der Waals surface area (Å²) >= 11 is 0. The molecule has 1 heterocycles. The lowest BCUT2D eigenvalue weighted by molar-refractivity contribution is -0.124. The van der Waals surface area contributed by atoms with Crippen LogP contribution in [-0.2, 0) is 9.59 Å². The van der Waals surface area contributed by atoms with Gasteiger partial charge in [0.2, 0.25) is 11.8 Å². The zero-order chi connectivity index (χ0) is 10.6. The number of primary amides is 1. The molecule has 6 heteroatoms. The largest absolute Gasteiger partial charge is 0.368 e. The first-order chi connectivity index (χ1) is 6.65. The minimum atomic E-state index is -0.310. The van der Waals surface area contributed by atoms with Crippen LogP contribution in [0.2, 0.25) is 0 Å². The van der Waals surface area contributed by atoms with E-state index in [0.717, 1.165) is 19.4 Å². The summed E-state index contributed by atoms with van der Waals surface area (Å²) in [5.74, 6) is 4.41. The Morgan fingerprint density at radius 3 is 2.79 bits per heavy atom. The SMILES string of the molecule is NNC(=O)CCN1CCCC1C(N)=O. The van der Waals surface area contributed by atoms with Crippen LogP contribution in [0.4, 0.5) is 0 Å². The number of amides is 2. The van der Waals surface area contributed by atoms with E-state index in [0.29, 0.717) is 13.0 Å². The van der Waals surface area contributed by atoms with Crippen LogP contribution in [0.1, 0.15) is 19.3 Å². The molecular formula is C8H16N4O2. The van der Waals surface area contributed by atoms with E-state index in [9.17, 15) is 9.59 Å². The number of nitrogens with two attached hydrogens (primary N) is 2. The highest BCUT2D eigenvalue weighted by Crippen LogP contribution is 2.16. The lowest BCUT2D eigenvalue weighted by Crippen LogP contribution is -2.42. The predicted octanol–water partition coefficient (Wildman–Crippen LogP) is -1.68. The van der Waals surface area contributed by atoms with Crippen LogP contribution < -0.4 is 17.0 Å². The van der Waals surface area contributed by atoms with Crippen molar-refractivity contribution in [3.05, 3.63) is 0 Å². The molecule has 6 nitrogen and oxygen atoms in total. The number of rotatable bonds is 4. The average Bonchev–Trinajstić information content (AvgIpc) is 2.62. The van der Waals surface area contributed by atoms with Crippen molar-refractivity contribution in [2.75, 3.05) is 13.1 Å². The summed E-state index contributed by atoms with van der Waals surface area (Å²) in [4.78, 5) is 23.8. The van der Waals surface area contributed by atoms with Crippen molar-refractivity contribution < 1.29 is 9.59 Å². The maximum atomic E-state index is 11.0. The van der Waals surface area contributed by atoms with Gasteiger partial charge in [-0.3, -0.25) is 19.9 Å². The molecule has 1 rings (SSSR count). The van der Waals surface area contributed by atoms with E-state index in [2.05, 4.69) is 5.43 Å². The van der Waals surface area contributed by atoms with Gasteiger partial charge in [-0.1, -0.05) is 0 Å². The third kappa shape index (κ3) is 2.68. The summed E-state index contributed by atoms with van der Waals surface area (Å²) in [6, 6.07) is -0.208. The minimum Gasteiger partial charge on any atom is -0.368 e. The fourth-order valence-electron chi connectivity index (χ4n) is 1.73. The Morgan fingerprint density at radius 2 is 2.21 bits per heavy atom. The summed E-state index contributed by atoms with van der Waals surface area (Å²) in [6.07, 6.45) is 2.05. The molecule has 5 N–H and O–H groups in total. The summed E-state index contributed by atoms with van der Waals surface area (Å²) in [7, 11) is 0. The van der Waals surface area contributed by atoms with E-state index in [-0.39, 0.29) is 17.9 Å². The molecule has 0 aromatic carbocycles. The number of nitrogens with zero attached hydrogens (tertiary/aromatic N) is 1. The van der Waals surface area contributed by atoms with Gasteiger partial charge in [0.25, 0.3) is 0 Å². The zero-order valence-electron chi connectivity index (χ0n) is 8.03. The molecule has 0 aromatic rings. The van der Waals surface area contributed by atoms with Crippen LogP contribution >= 0.6 is 0 Å². The minimum absolute atomic E-state index is 0.208. The second-order valence-corrected chi connectivity index (χ2v) is 3.41. The summed E-state index contributed by atoms with van der Waals surface area (Å²) < 4.78 is 0. The van der Waals surface area contributed by atoms with Gasteiger partial charge in [0, 0.05) is 13.0 Å². The summed E-state index contributed by atoms with van der Waals surface area (Å²) in [6.45, 7) is 1.36. The third-order valence-corrected chi connectivity index (χ3v) is 2.48. The fraction of sp³-hybridized carbons (Fsp3) is 0.750. The Kier molecular flexibility index (Phi) is 3.84. The van der Waals surface area contributed by atoms with Crippen molar-refractivity contribution in [1.29, 1.82) is 0 Å². The molecule has 1 saturated heterocycles. The maximum Gasteiger partial charge on any atom is 0.235 e. The molecule has 0 radical (unpaired) electrons. The molecule has 14 heavy (non-hydrogen) atoms. The lowest BCUT2D eigenvalue weighted by Gasteiger charge is -2.20. The second kappa shape index (κ2) is 4.92. The van der Waals surface area contributed by atoms with Crippen molar-refractivity contribution >= 4 is 11.8 Å². The van der Waals surface area contributed by atoms with E-state index in [1.807, 2.05) is 4.90 Å². The van der Waals surface area contributed by atoms with Gasteiger partial charge in [-0.15, -0.1) is 0 Å². The first kappa shape index (κ1) is 10.9. The normalized spacial score (nSPS) is 22.2. The molecule has 0 bridgehead atoms. The first-order valence-electron chi connectivity index (χ1n) is 4.68. The van der Waals surface area contributed by atoms with Gasteiger partial charge in [-0.2, -0.15) is 0 Å². The Labute approximate surface area is 82.6 Å². The molecule has 1 aliphatic rings. The zero-order valence-corrected chi connectivity index (χ0v) is 8.03. The van der Waals surface area contributed by atoms with Crippen LogP contribution in [0.25, 0.3) is 0 Å². The van der Waals surface area contributed by atoms with E-state index < -0.39 is 0 Å². The number of hydrogen-bond acceptors (Lipinski definition) is 4. The molecule has 1 fully saturated rings. The first-order valence-corrected chi connectivity index (χ1v) is 4.68. The van der Waals surface area contributed by atoms with Crippen molar-refractivity contribution in [3.8, 4) is 0 Å². The predicted molar refractivity (Wildman–Crippen MR) is 50.7 cm³/mol. The van der Waals surface area contributed by atoms with Crippen LogP contribution in [0.15, 0.2) is 0 Å². The second-order valence-electron chi connectivity index (χ2n) is 3.41. The smallest absolute Gasteiger partial charge is 0.235 e. The van der Waals surface area contributed by atoms with E-state index >= 15 is 0 Å². The van der Waals surface area contributed by atoms with Crippen LogP contribution in [-0.4, -0.2) is 35.8 Å². The van der Waals surface area contributed by atoms with E-state index in [1.54, 1.807) is 0 Å². The Morgan fingerprint density at radius 1 is 1.50 bits per heavy atom. The Bertz CT molecular complexity index is 231. The Balaban J connectivity index is 2.36. The summed E-state index contributed by atoms with van der Waals surface area (Å²) in [5.41, 5.74) is 7.27. The molecule has 0 aliphatic carbocycles. The van der Waals surface area contributed by atoms with Crippen LogP contribution in [0, 0.1) is 0 Å². The molecule has 1 aliphatic heterocycles. The molecule has 80 valence electrons. The molecule has 1 unspecified atom stereocenters. The number of hydrazine groups is 1. The number of nitrogens with one attached hydrogen (secondary N) is 1. The number of likely N-dealkylation sites (tertiary alicyclic amines) is 1. The molecule has 2 amide bonds. The lowest BCUT2D eigenvalue weighted by atomic mass is 10.2. The molecule has 1 atom stereocenters. The average molecular weight is 200 g/mol. The standard InChI is InChI=1S/C8H16N4O2/c9-8(14)6-2-1-4-12(6)5-3-7(13)11-10/h6H,1-5,10H2,(H2,9,14)(H,11,13). The van der Waals surface area contributed by atoms with Gasteiger partial charge < -0.3 is 5.73 Å².